The van der Waals surface area contributed by atoms with Gasteiger partial charge in [0.05, 0.1) is 35.6 Å². The Morgan fingerprint density at radius 3 is 1.61 bits per heavy atom. The number of fused-ring (bicyclic) bond motifs is 4. The number of nitrogens with zero attached hydrogens (tertiary/aromatic N) is 6. The minimum Gasteiger partial charge on any atom is -0.437 e. The average molecular weight is 1020 g/mol. The second-order valence-corrected chi connectivity index (χ2v) is 19.3. The van der Waals surface area contributed by atoms with E-state index in [-0.39, 0.29) is 29.9 Å². The number of rotatable bonds is 8. The van der Waals surface area contributed by atoms with Crippen LogP contribution in [0.25, 0.3) is 0 Å². The van der Waals surface area contributed by atoms with Gasteiger partial charge < -0.3 is 25.8 Å². The Hall–Kier alpha value is -2.57. The van der Waals surface area contributed by atoms with Crippen LogP contribution in [0.2, 0.25) is 16.9 Å². The molecule has 2 fully saturated rings. The molecule has 4 N–H and O–H groups in total. The highest BCUT2D eigenvalue weighted by Crippen LogP contribution is 2.40. The molecule has 11 nitrogen and oxygen atoms in total. The third kappa shape index (κ3) is 10.9. The van der Waals surface area contributed by atoms with Crippen molar-refractivity contribution in [1.82, 2.24) is 34.8 Å². The molecule has 2 aromatic heterocycles. The second-order valence-electron chi connectivity index (χ2n) is 16.2. The van der Waals surface area contributed by atoms with E-state index in [4.69, 9.17) is 38.9 Å². The SMILES string of the molecule is CCC(NB(C)O)C(=O)N1CCN(C2c3ccc(Cl)cc3CCc3cc(Br)cnc32)CC1.N[C@@H](CS)C(=O)N1CCN(C2c3ccc(Cl)cc3CCc3cc(Br)cnc32)CC1. The van der Waals surface area contributed by atoms with Gasteiger partial charge in [-0.05, 0) is 141 Å². The lowest BCUT2D eigenvalue weighted by Gasteiger charge is -2.40. The first-order chi connectivity index (χ1) is 29.3. The van der Waals surface area contributed by atoms with Gasteiger partial charge in [-0.3, -0.25) is 29.4 Å². The van der Waals surface area contributed by atoms with Gasteiger partial charge in [0.25, 0.3) is 0 Å². The predicted octanol–water partition coefficient (Wildman–Crippen LogP) is 6.40. The summed E-state index contributed by atoms with van der Waals surface area (Å²) in [4.78, 5) is 43.7. The quantitative estimate of drug-likeness (QED) is 0.117. The number of piperazine rings is 2. The Balaban J connectivity index is 0.000000185. The molecule has 324 valence electrons. The van der Waals surface area contributed by atoms with E-state index in [1.807, 2.05) is 41.2 Å². The maximum Gasteiger partial charge on any atom is 0.374 e. The van der Waals surface area contributed by atoms with Crippen LogP contribution in [0.15, 0.2) is 69.9 Å². The predicted molar refractivity (Wildman–Crippen MR) is 254 cm³/mol. The van der Waals surface area contributed by atoms with Crippen LogP contribution in [-0.4, -0.2) is 124 Å². The maximum absolute atomic E-state index is 13.0. The van der Waals surface area contributed by atoms with Gasteiger partial charge >= 0.3 is 7.05 Å². The lowest BCUT2D eigenvalue weighted by molar-refractivity contribution is -0.135. The number of thiol groups is 1. The van der Waals surface area contributed by atoms with Crippen molar-refractivity contribution in [2.45, 2.75) is 70.0 Å². The molecule has 2 aliphatic carbocycles. The first kappa shape index (κ1) is 46.4. The number of pyridine rings is 2. The van der Waals surface area contributed by atoms with Gasteiger partial charge in [0.15, 0.2) is 0 Å². The van der Waals surface area contributed by atoms with Gasteiger partial charge in [0.1, 0.15) is 0 Å². The topological polar surface area (TPSA) is 131 Å². The molecule has 4 heterocycles. The molecule has 0 bridgehead atoms. The van der Waals surface area contributed by atoms with E-state index >= 15 is 0 Å². The molecule has 2 aromatic carbocycles. The van der Waals surface area contributed by atoms with Crippen LogP contribution in [0.5, 0.6) is 0 Å². The largest absolute Gasteiger partial charge is 0.437 e. The van der Waals surface area contributed by atoms with Gasteiger partial charge in [-0.25, -0.2) is 0 Å². The molecular formula is C44H53BBr2Cl2N8O3S. The average Bonchev–Trinajstić information content (AvgIpc) is 3.52. The summed E-state index contributed by atoms with van der Waals surface area (Å²) in [6, 6.07) is 15.9. The summed E-state index contributed by atoms with van der Waals surface area (Å²) in [5.74, 6) is 0.404. The zero-order chi connectivity index (χ0) is 43.4. The van der Waals surface area contributed by atoms with Gasteiger partial charge in [-0.2, -0.15) is 12.6 Å². The number of nitrogens with one attached hydrogen (secondary N) is 1. The maximum atomic E-state index is 13.0. The van der Waals surface area contributed by atoms with Crippen LogP contribution < -0.4 is 11.0 Å². The Bertz CT molecular complexity index is 2110. The van der Waals surface area contributed by atoms with Crippen molar-refractivity contribution in [2.24, 2.45) is 5.73 Å². The molecular weight excluding hydrogens is 962 g/mol. The van der Waals surface area contributed by atoms with Gasteiger partial charge in [-0.1, -0.05) is 42.3 Å². The van der Waals surface area contributed by atoms with Gasteiger partial charge in [0, 0.05) is 89.5 Å². The fraction of sp³-hybridized carbons (Fsp3) is 0.455. The Kier molecular flexibility index (Phi) is 15.9. The standard InChI is InChI=1S/C23H29BBrClN4O2.C21H24BrClN4OS/c1-3-20(28-24(2)32)23(31)30-10-8-29(9-11-30)22-19-7-6-18(26)13-15(19)4-5-16-12-17(25)14-27-21(16)22;22-15-9-14-2-1-13-10-16(23)3-4-17(13)20(19(14)25-11-15)26-5-7-27(8-6-26)21(28)18(24)12-29/h6-7,12-14,20,22,28,32H,3-5,8-11H2,1-2H3;3-4,9-11,18,20,29H,1-2,5-8,12,24H2/t;18-,20?/m.0/s1. The minimum atomic E-state index is -0.707. The van der Waals surface area contributed by atoms with Crippen molar-refractivity contribution < 1.29 is 14.6 Å². The molecule has 0 spiro atoms. The first-order valence-corrected chi connectivity index (χ1v) is 24.0. The van der Waals surface area contributed by atoms with Crippen LogP contribution in [-0.2, 0) is 35.3 Å². The van der Waals surface area contributed by atoms with Gasteiger partial charge in [-0.15, -0.1) is 0 Å². The van der Waals surface area contributed by atoms with Crippen molar-refractivity contribution in [3.8, 4) is 0 Å². The molecule has 2 saturated heterocycles. The summed E-state index contributed by atoms with van der Waals surface area (Å²) in [5.41, 5.74) is 15.6. The van der Waals surface area contributed by atoms with Crippen molar-refractivity contribution in [3.05, 3.63) is 125 Å². The highest BCUT2D eigenvalue weighted by atomic mass is 79.9. The molecule has 0 radical (unpaired) electrons. The lowest BCUT2D eigenvalue weighted by Crippen LogP contribution is -2.56. The molecule has 2 amide bonds. The zero-order valence-corrected chi connectivity index (χ0v) is 40.1. The molecule has 0 saturated carbocycles. The molecule has 4 atom stereocenters. The molecule has 2 aliphatic heterocycles. The number of hydrogen-bond acceptors (Lipinski definition) is 10. The number of amides is 2. The van der Waals surface area contributed by atoms with Crippen LogP contribution in [0.3, 0.4) is 0 Å². The Labute approximate surface area is 391 Å². The number of carbonyl (C=O) groups excluding carboxylic acids is 2. The lowest BCUT2D eigenvalue weighted by atomic mass is 9.86. The van der Waals surface area contributed by atoms with Crippen molar-refractivity contribution in [3.63, 3.8) is 0 Å². The van der Waals surface area contributed by atoms with Gasteiger partial charge in [0.2, 0.25) is 11.8 Å². The van der Waals surface area contributed by atoms with Crippen molar-refractivity contribution in [1.29, 1.82) is 0 Å². The fourth-order valence-corrected chi connectivity index (χ4v) is 10.5. The zero-order valence-electron chi connectivity index (χ0n) is 34.5. The van der Waals surface area contributed by atoms with E-state index in [1.54, 1.807) is 6.82 Å². The summed E-state index contributed by atoms with van der Waals surface area (Å²) in [7, 11) is -0.707. The van der Waals surface area contributed by atoms with E-state index < -0.39 is 13.1 Å². The smallest absolute Gasteiger partial charge is 0.374 e. The summed E-state index contributed by atoms with van der Waals surface area (Å²) in [6.45, 7) is 9.31. The van der Waals surface area contributed by atoms with Crippen LogP contribution in [0.4, 0.5) is 0 Å². The first-order valence-electron chi connectivity index (χ1n) is 21.1. The Morgan fingerprint density at radius 1 is 0.770 bits per heavy atom. The van der Waals surface area contributed by atoms with Crippen molar-refractivity contribution >= 4 is 86.6 Å². The van der Waals surface area contributed by atoms with E-state index in [9.17, 15) is 14.6 Å². The third-order valence-electron chi connectivity index (χ3n) is 12.2. The summed E-state index contributed by atoms with van der Waals surface area (Å²) in [6.07, 6.45) is 8.12. The molecule has 61 heavy (non-hydrogen) atoms. The minimum absolute atomic E-state index is 0.0184. The monoisotopic (exact) mass is 1010 g/mol. The second kappa shape index (κ2) is 21.0. The third-order valence-corrected chi connectivity index (χ3v) is 14.0. The molecule has 4 aromatic rings. The molecule has 3 unspecified atom stereocenters. The van der Waals surface area contributed by atoms with Crippen LogP contribution in [0.1, 0.15) is 70.2 Å². The summed E-state index contributed by atoms with van der Waals surface area (Å²) in [5, 5.41) is 14.1. The Morgan fingerprint density at radius 2 is 1.20 bits per heavy atom. The number of benzene rings is 2. The van der Waals surface area contributed by atoms with E-state index in [0.29, 0.717) is 38.4 Å². The molecule has 4 aliphatic rings. The number of aryl methyl sites for hydroxylation is 4. The normalized spacial score (nSPS) is 20.1. The number of nitrogens with two attached hydrogens (primary N) is 1. The number of hydrogen-bond donors (Lipinski definition) is 4. The number of halogens is 4. The number of aromatic nitrogens is 2. The number of carbonyl (C=O) groups is 2. The molecule has 8 rings (SSSR count). The summed E-state index contributed by atoms with van der Waals surface area (Å²) >= 11 is 23.9. The van der Waals surface area contributed by atoms with Crippen LogP contribution >= 0.6 is 67.7 Å². The van der Waals surface area contributed by atoms with Crippen molar-refractivity contribution in [2.75, 3.05) is 58.1 Å². The highest BCUT2D eigenvalue weighted by Gasteiger charge is 2.36. The van der Waals surface area contributed by atoms with E-state index in [1.165, 1.54) is 33.4 Å². The summed E-state index contributed by atoms with van der Waals surface area (Å²) < 4.78 is 1.99. The van der Waals surface area contributed by atoms with Crippen LogP contribution in [0, 0.1) is 0 Å². The van der Waals surface area contributed by atoms with E-state index in [2.05, 4.69) is 95.9 Å². The fourth-order valence-electron chi connectivity index (χ4n) is 9.15. The highest BCUT2D eigenvalue weighted by molar-refractivity contribution is 9.10. The van der Waals surface area contributed by atoms with E-state index in [0.717, 1.165) is 82.2 Å². The molecule has 17 heteroatoms.